The molecule has 2 aromatic heterocycles. The lowest BCUT2D eigenvalue weighted by molar-refractivity contribution is 0.310. The number of hydrogen-bond donors (Lipinski definition) is 1. The molecule has 0 unspecified atom stereocenters. The molecular weight excluding hydrogens is 238 g/mol. The molecule has 1 N–H and O–H groups in total. The molecule has 17 heavy (non-hydrogen) atoms. The van der Waals surface area contributed by atoms with Crippen LogP contribution in [0.25, 0.3) is 5.65 Å². The van der Waals surface area contributed by atoms with Gasteiger partial charge in [-0.05, 0) is 26.2 Å². The van der Waals surface area contributed by atoms with Gasteiger partial charge in [0.1, 0.15) is 5.82 Å². The monoisotopic (exact) mass is 251 g/mol. The third-order valence-electron chi connectivity index (χ3n) is 3.45. The summed E-state index contributed by atoms with van der Waals surface area (Å²) in [7, 11) is 0. The van der Waals surface area contributed by atoms with Crippen molar-refractivity contribution in [2.24, 2.45) is 0 Å². The molecule has 0 saturated heterocycles. The highest BCUT2D eigenvalue weighted by molar-refractivity contribution is 6.19. The normalized spacial score (nSPS) is 18.0. The summed E-state index contributed by atoms with van der Waals surface area (Å²) < 4.78 is 1.93. The zero-order valence-electron chi connectivity index (χ0n) is 9.65. The van der Waals surface area contributed by atoms with E-state index < -0.39 is 0 Å². The van der Waals surface area contributed by atoms with E-state index in [9.17, 15) is 0 Å². The van der Waals surface area contributed by atoms with Gasteiger partial charge in [-0.3, -0.25) is 4.40 Å². The Morgan fingerprint density at radius 3 is 2.94 bits per heavy atom. The van der Waals surface area contributed by atoms with Crippen molar-refractivity contribution in [1.29, 1.82) is 0 Å². The molecule has 3 rings (SSSR count). The van der Waals surface area contributed by atoms with Crippen molar-refractivity contribution in [1.82, 2.24) is 19.6 Å². The molecule has 0 aromatic carbocycles. The van der Waals surface area contributed by atoms with Gasteiger partial charge in [0.15, 0.2) is 5.82 Å². The molecule has 0 amide bonds. The van der Waals surface area contributed by atoms with Gasteiger partial charge in [-0.25, -0.2) is 4.98 Å². The largest absolute Gasteiger partial charge is 0.360 e. The Morgan fingerprint density at radius 1 is 1.47 bits per heavy atom. The molecule has 0 spiro atoms. The number of rotatable bonds is 3. The van der Waals surface area contributed by atoms with Gasteiger partial charge < -0.3 is 5.32 Å². The van der Waals surface area contributed by atoms with Crippen LogP contribution in [-0.2, 0) is 0 Å². The van der Waals surface area contributed by atoms with Gasteiger partial charge in [-0.15, -0.1) is 21.8 Å². The highest BCUT2D eigenvalue weighted by Crippen LogP contribution is 2.36. The minimum absolute atomic E-state index is 0.00372. The second-order valence-corrected chi connectivity index (χ2v) is 4.88. The lowest BCUT2D eigenvalue weighted by Crippen LogP contribution is -2.47. The van der Waals surface area contributed by atoms with E-state index in [0.717, 1.165) is 30.1 Å². The van der Waals surface area contributed by atoms with Crippen molar-refractivity contribution in [3.8, 4) is 0 Å². The van der Waals surface area contributed by atoms with Gasteiger partial charge in [0, 0.05) is 18.3 Å². The van der Waals surface area contributed by atoms with Crippen LogP contribution in [0.5, 0.6) is 0 Å². The molecule has 0 atom stereocenters. The molecule has 2 aromatic rings. The fourth-order valence-corrected chi connectivity index (χ4v) is 2.51. The zero-order valence-corrected chi connectivity index (χ0v) is 10.4. The maximum absolute atomic E-state index is 6.03. The first-order chi connectivity index (χ1) is 8.24. The average Bonchev–Trinajstić information content (AvgIpc) is 2.67. The first-order valence-corrected chi connectivity index (χ1v) is 6.28. The van der Waals surface area contributed by atoms with E-state index in [-0.39, 0.29) is 5.54 Å². The Hall–Kier alpha value is -1.36. The van der Waals surface area contributed by atoms with Crippen molar-refractivity contribution in [2.75, 3.05) is 11.2 Å². The Balaban J connectivity index is 2.00. The smallest absolute Gasteiger partial charge is 0.203 e. The van der Waals surface area contributed by atoms with Gasteiger partial charge in [-0.1, -0.05) is 0 Å². The van der Waals surface area contributed by atoms with Gasteiger partial charge in [0.05, 0.1) is 5.54 Å². The molecule has 1 aliphatic rings. The SMILES string of the molecule is Cc1nnc2c(NC3(CCl)CCC3)nccn12. The van der Waals surface area contributed by atoms with Crippen LogP contribution in [0.15, 0.2) is 12.4 Å². The van der Waals surface area contributed by atoms with Crippen molar-refractivity contribution >= 4 is 23.1 Å². The minimum atomic E-state index is -0.00372. The Kier molecular flexibility index (Phi) is 2.43. The Bertz CT molecular complexity index is 540. The van der Waals surface area contributed by atoms with Gasteiger partial charge in [-0.2, -0.15) is 0 Å². The van der Waals surface area contributed by atoms with Crippen LogP contribution in [0.2, 0.25) is 0 Å². The lowest BCUT2D eigenvalue weighted by Gasteiger charge is -2.41. The van der Waals surface area contributed by atoms with E-state index in [2.05, 4.69) is 20.5 Å². The van der Waals surface area contributed by atoms with Gasteiger partial charge in [0.2, 0.25) is 5.65 Å². The summed E-state index contributed by atoms with van der Waals surface area (Å²) in [5.41, 5.74) is 0.761. The number of aryl methyl sites for hydroxylation is 1. The van der Waals surface area contributed by atoms with Crippen molar-refractivity contribution < 1.29 is 0 Å². The Morgan fingerprint density at radius 2 is 2.29 bits per heavy atom. The number of anilines is 1. The molecule has 0 aliphatic heterocycles. The zero-order chi connectivity index (χ0) is 11.9. The van der Waals surface area contributed by atoms with E-state index >= 15 is 0 Å². The van der Waals surface area contributed by atoms with E-state index in [1.54, 1.807) is 6.20 Å². The first kappa shape index (κ1) is 10.8. The number of nitrogens with zero attached hydrogens (tertiary/aromatic N) is 4. The summed E-state index contributed by atoms with van der Waals surface area (Å²) in [4.78, 5) is 4.34. The summed E-state index contributed by atoms with van der Waals surface area (Å²) in [5, 5.41) is 11.6. The number of aromatic nitrogens is 4. The molecule has 0 radical (unpaired) electrons. The van der Waals surface area contributed by atoms with E-state index in [1.807, 2.05) is 17.5 Å². The summed E-state index contributed by atoms with van der Waals surface area (Å²) in [6.45, 7) is 1.92. The van der Waals surface area contributed by atoms with Crippen molar-refractivity contribution in [3.05, 3.63) is 18.2 Å². The molecule has 5 nitrogen and oxygen atoms in total. The van der Waals surface area contributed by atoms with Crippen LogP contribution in [0.4, 0.5) is 5.82 Å². The fraction of sp³-hybridized carbons (Fsp3) is 0.545. The van der Waals surface area contributed by atoms with Crippen LogP contribution < -0.4 is 5.32 Å². The maximum Gasteiger partial charge on any atom is 0.203 e. The molecular formula is C11H14ClN5. The highest BCUT2D eigenvalue weighted by Gasteiger charge is 2.36. The van der Waals surface area contributed by atoms with E-state index in [1.165, 1.54) is 6.42 Å². The topological polar surface area (TPSA) is 55.1 Å². The van der Waals surface area contributed by atoms with Crippen molar-refractivity contribution in [2.45, 2.75) is 31.7 Å². The first-order valence-electron chi connectivity index (χ1n) is 5.75. The molecule has 6 heteroatoms. The van der Waals surface area contributed by atoms with Crippen LogP contribution in [0.1, 0.15) is 25.1 Å². The summed E-state index contributed by atoms with van der Waals surface area (Å²) >= 11 is 6.03. The predicted molar refractivity (Wildman–Crippen MR) is 66.4 cm³/mol. The van der Waals surface area contributed by atoms with Gasteiger partial charge >= 0.3 is 0 Å². The molecule has 2 heterocycles. The van der Waals surface area contributed by atoms with Crippen LogP contribution >= 0.6 is 11.6 Å². The minimum Gasteiger partial charge on any atom is -0.360 e. The Labute approximate surface area is 104 Å². The molecule has 1 aliphatic carbocycles. The second-order valence-electron chi connectivity index (χ2n) is 4.61. The molecule has 1 fully saturated rings. The van der Waals surface area contributed by atoms with Crippen molar-refractivity contribution in [3.63, 3.8) is 0 Å². The average molecular weight is 252 g/mol. The number of nitrogens with one attached hydrogen (secondary N) is 1. The molecule has 0 bridgehead atoms. The lowest BCUT2D eigenvalue weighted by atomic mass is 9.78. The summed E-state index contributed by atoms with van der Waals surface area (Å²) in [5.74, 6) is 2.23. The van der Waals surface area contributed by atoms with E-state index in [4.69, 9.17) is 11.6 Å². The number of fused-ring (bicyclic) bond motifs is 1. The standard InChI is InChI=1S/C11H14ClN5/c1-8-15-16-10-9(13-5-6-17(8)10)14-11(7-12)3-2-4-11/h5-6H,2-4,7H2,1H3,(H,13,14). The summed E-state index contributed by atoms with van der Waals surface area (Å²) in [6, 6.07) is 0. The number of alkyl halides is 1. The van der Waals surface area contributed by atoms with Gasteiger partial charge in [0.25, 0.3) is 0 Å². The fourth-order valence-electron chi connectivity index (χ4n) is 2.18. The summed E-state index contributed by atoms with van der Waals surface area (Å²) in [6.07, 6.45) is 7.02. The second kappa shape index (κ2) is 3.84. The predicted octanol–water partition coefficient (Wildman–Crippen LogP) is 2.01. The molecule has 90 valence electrons. The van der Waals surface area contributed by atoms with Crippen LogP contribution in [0.3, 0.4) is 0 Å². The van der Waals surface area contributed by atoms with Crippen LogP contribution in [0, 0.1) is 6.92 Å². The quantitative estimate of drug-likeness (QED) is 0.848. The molecule has 1 saturated carbocycles. The highest BCUT2D eigenvalue weighted by atomic mass is 35.5. The third kappa shape index (κ3) is 1.65. The maximum atomic E-state index is 6.03. The third-order valence-corrected chi connectivity index (χ3v) is 3.96. The number of halogens is 1. The van der Waals surface area contributed by atoms with Crippen LogP contribution in [-0.4, -0.2) is 31.0 Å². The number of hydrogen-bond acceptors (Lipinski definition) is 4. The van der Waals surface area contributed by atoms with E-state index in [0.29, 0.717) is 5.88 Å².